The Morgan fingerprint density at radius 1 is 1.28 bits per heavy atom. The van der Waals surface area contributed by atoms with Crippen LogP contribution >= 0.6 is 11.6 Å². The van der Waals surface area contributed by atoms with Crippen LogP contribution in [0.3, 0.4) is 0 Å². The lowest BCUT2D eigenvalue weighted by Gasteiger charge is -2.36. The van der Waals surface area contributed by atoms with Gasteiger partial charge in [-0.1, -0.05) is 23.7 Å². The van der Waals surface area contributed by atoms with Crippen LogP contribution in [0.25, 0.3) is 0 Å². The smallest absolute Gasteiger partial charge is 0.210 e. The number of rotatable bonds is 5. The van der Waals surface area contributed by atoms with E-state index < -0.39 is 10.0 Å². The predicted molar refractivity (Wildman–Crippen MR) is 73.2 cm³/mol. The Bertz CT molecular complexity index is 495. The molecule has 0 heterocycles. The number of hydrogen-bond acceptors (Lipinski definition) is 3. The van der Waals surface area contributed by atoms with Crippen molar-refractivity contribution < 1.29 is 8.42 Å². The van der Waals surface area contributed by atoms with E-state index in [1.807, 2.05) is 24.3 Å². The first-order valence-corrected chi connectivity index (χ1v) is 8.03. The van der Waals surface area contributed by atoms with E-state index in [1.165, 1.54) is 5.56 Å². The summed E-state index contributed by atoms with van der Waals surface area (Å²) in [7, 11) is -3.35. The van der Waals surface area contributed by atoms with Crippen LogP contribution in [0.15, 0.2) is 24.3 Å². The van der Waals surface area contributed by atoms with Gasteiger partial charge in [0.15, 0.2) is 0 Å². The average Bonchev–Trinajstić information content (AvgIpc) is 2.22. The molecule has 100 valence electrons. The topological polar surface area (TPSA) is 72.2 Å². The summed E-state index contributed by atoms with van der Waals surface area (Å²) in [6.45, 7) is 0.427. The van der Waals surface area contributed by atoms with Crippen LogP contribution in [0, 0.1) is 0 Å². The lowest BCUT2D eigenvalue weighted by atomic mass is 9.76. The zero-order valence-electron chi connectivity index (χ0n) is 9.97. The minimum Gasteiger partial charge on any atom is -0.313 e. The van der Waals surface area contributed by atoms with Gasteiger partial charge in [-0.15, -0.1) is 0 Å². The maximum absolute atomic E-state index is 10.8. The van der Waals surface area contributed by atoms with Crippen LogP contribution in [0.1, 0.15) is 24.3 Å². The van der Waals surface area contributed by atoms with Gasteiger partial charge in [-0.3, -0.25) is 0 Å². The standard InChI is InChI=1S/C12H17ClN2O2S/c13-11-3-1-9(2-4-11)10-7-12(8-10)15-5-6-18(14,16)17/h1-4,10,12,15H,5-8H2,(H2,14,16,17). The normalized spacial score (nSPS) is 23.7. The number of nitrogens with two attached hydrogens (primary N) is 1. The predicted octanol–water partition coefficient (Wildman–Crippen LogP) is 1.46. The van der Waals surface area contributed by atoms with Crippen LogP contribution in [0.2, 0.25) is 5.02 Å². The Kier molecular flexibility index (Phi) is 4.27. The molecular weight excluding hydrogens is 272 g/mol. The van der Waals surface area contributed by atoms with Gasteiger partial charge in [0.05, 0.1) is 5.75 Å². The molecule has 2 rings (SSSR count). The molecule has 1 fully saturated rings. The summed E-state index contributed by atoms with van der Waals surface area (Å²) < 4.78 is 21.5. The molecule has 6 heteroatoms. The first-order chi connectivity index (χ1) is 8.44. The SMILES string of the molecule is NS(=O)(=O)CCNC1CC(c2ccc(Cl)cc2)C1. The van der Waals surface area contributed by atoms with E-state index in [-0.39, 0.29) is 5.75 Å². The van der Waals surface area contributed by atoms with Gasteiger partial charge >= 0.3 is 0 Å². The summed E-state index contributed by atoms with van der Waals surface area (Å²) in [4.78, 5) is 0. The molecular formula is C12H17ClN2O2S. The number of nitrogens with one attached hydrogen (secondary N) is 1. The van der Waals surface area contributed by atoms with E-state index in [9.17, 15) is 8.42 Å². The van der Waals surface area contributed by atoms with Crippen LogP contribution in [0.4, 0.5) is 0 Å². The molecule has 0 saturated heterocycles. The number of halogens is 1. The molecule has 3 N–H and O–H groups in total. The third-order valence-electron chi connectivity index (χ3n) is 3.30. The molecule has 1 aliphatic rings. The Labute approximate surface area is 113 Å². The summed E-state index contributed by atoms with van der Waals surface area (Å²) in [5.41, 5.74) is 1.30. The summed E-state index contributed by atoms with van der Waals surface area (Å²) in [6.07, 6.45) is 2.07. The molecule has 0 aliphatic heterocycles. The first-order valence-electron chi connectivity index (χ1n) is 5.93. The van der Waals surface area contributed by atoms with Gasteiger partial charge in [0.1, 0.15) is 0 Å². The number of primary sulfonamides is 1. The maximum Gasteiger partial charge on any atom is 0.210 e. The van der Waals surface area contributed by atoms with Crippen LogP contribution < -0.4 is 10.5 Å². The van der Waals surface area contributed by atoms with Gasteiger partial charge in [0.2, 0.25) is 10.0 Å². The zero-order valence-corrected chi connectivity index (χ0v) is 11.5. The third kappa shape index (κ3) is 3.95. The Morgan fingerprint density at radius 2 is 1.89 bits per heavy atom. The number of hydrogen-bond donors (Lipinski definition) is 2. The molecule has 4 nitrogen and oxygen atoms in total. The molecule has 0 atom stereocenters. The van der Waals surface area contributed by atoms with E-state index >= 15 is 0 Å². The second-order valence-corrected chi connectivity index (χ2v) is 6.91. The highest BCUT2D eigenvalue weighted by Gasteiger charge is 2.29. The summed E-state index contributed by atoms with van der Waals surface area (Å²) in [5, 5.41) is 8.89. The molecule has 1 aromatic carbocycles. The largest absolute Gasteiger partial charge is 0.313 e. The fourth-order valence-electron chi connectivity index (χ4n) is 2.20. The zero-order chi connectivity index (χ0) is 13.2. The summed E-state index contributed by atoms with van der Waals surface area (Å²) in [6, 6.07) is 8.30. The highest BCUT2D eigenvalue weighted by molar-refractivity contribution is 7.89. The molecule has 0 radical (unpaired) electrons. The Balaban J connectivity index is 1.72. The fraction of sp³-hybridized carbons (Fsp3) is 0.500. The minimum absolute atomic E-state index is 0.00485. The molecule has 0 spiro atoms. The van der Waals surface area contributed by atoms with E-state index in [2.05, 4.69) is 5.32 Å². The summed E-state index contributed by atoms with van der Waals surface area (Å²) in [5.74, 6) is 0.545. The molecule has 1 aliphatic carbocycles. The van der Waals surface area contributed by atoms with Gasteiger partial charge in [-0.25, -0.2) is 13.6 Å². The van der Waals surface area contributed by atoms with Crippen molar-refractivity contribution in [3.8, 4) is 0 Å². The minimum atomic E-state index is -3.35. The van der Waals surface area contributed by atoms with Crippen molar-refractivity contribution in [2.24, 2.45) is 5.14 Å². The lowest BCUT2D eigenvalue weighted by molar-refractivity contribution is 0.296. The van der Waals surface area contributed by atoms with Crippen molar-refractivity contribution in [3.63, 3.8) is 0 Å². The molecule has 0 aromatic heterocycles. The van der Waals surface area contributed by atoms with E-state index in [1.54, 1.807) is 0 Å². The van der Waals surface area contributed by atoms with Crippen molar-refractivity contribution in [1.29, 1.82) is 0 Å². The van der Waals surface area contributed by atoms with Gasteiger partial charge in [-0.05, 0) is 36.5 Å². The van der Waals surface area contributed by atoms with Gasteiger partial charge in [0, 0.05) is 17.6 Å². The highest BCUT2D eigenvalue weighted by atomic mass is 35.5. The second kappa shape index (κ2) is 5.57. The van der Waals surface area contributed by atoms with Crippen molar-refractivity contribution in [2.45, 2.75) is 24.8 Å². The van der Waals surface area contributed by atoms with Crippen molar-refractivity contribution in [1.82, 2.24) is 5.32 Å². The third-order valence-corrected chi connectivity index (χ3v) is 4.32. The first kappa shape index (κ1) is 13.8. The Hall–Kier alpha value is -0.620. The van der Waals surface area contributed by atoms with Crippen molar-refractivity contribution >= 4 is 21.6 Å². The molecule has 18 heavy (non-hydrogen) atoms. The monoisotopic (exact) mass is 288 g/mol. The lowest BCUT2D eigenvalue weighted by Crippen LogP contribution is -2.42. The quantitative estimate of drug-likeness (QED) is 0.862. The number of benzene rings is 1. The van der Waals surface area contributed by atoms with Crippen molar-refractivity contribution in [3.05, 3.63) is 34.9 Å². The fourth-order valence-corrected chi connectivity index (χ4v) is 2.73. The van der Waals surface area contributed by atoms with Crippen molar-refractivity contribution in [2.75, 3.05) is 12.3 Å². The molecule has 0 unspecified atom stereocenters. The van der Waals surface area contributed by atoms with E-state index in [0.29, 0.717) is 18.5 Å². The highest BCUT2D eigenvalue weighted by Crippen LogP contribution is 2.37. The molecule has 1 saturated carbocycles. The average molecular weight is 289 g/mol. The maximum atomic E-state index is 10.8. The Morgan fingerprint density at radius 3 is 2.44 bits per heavy atom. The second-order valence-electron chi connectivity index (χ2n) is 4.74. The molecule has 0 amide bonds. The van der Waals surface area contributed by atoms with Gasteiger partial charge < -0.3 is 5.32 Å². The van der Waals surface area contributed by atoms with E-state index in [4.69, 9.17) is 16.7 Å². The van der Waals surface area contributed by atoms with Gasteiger partial charge in [-0.2, -0.15) is 0 Å². The molecule has 1 aromatic rings. The van der Waals surface area contributed by atoms with E-state index in [0.717, 1.165) is 17.9 Å². The van der Waals surface area contributed by atoms with Crippen LogP contribution in [-0.2, 0) is 10.0 Å². The van der Waals surface area contributed by atoms with Gasteiger partial charge in [0.25, 0.3) is 0 Å². The van der Waals surface area contributed by atoms with Crippen LogP contribution in [0.5, 0.6) is 0 Å². The molecule has 0 bridgehead atoms. The summed E-state index contributed by atoms with van der Waals surface area (Å²) >= 11 is 5.84. The number of sulfonamides is 1. The van der Waals surface area contributed by atoms with Crippen LogP contribution in [-0.4, -0.2) is 26.8 Å².